The van der Waals surface area contributed by atoms with Crippen LogP contribution in [0.1, 0.15) is 158 Å². The third-order valence-corrected chi connectivity index (χ3v) is 14.4. The summed E-state index contributed by atoms with van der Waals surface area (Å²) in [6.07, 6.45) is 22.8. The molecule has 4 aliphatic rings. The lowest BCUT2D eigenvalue weighted by atomic mass is 9.87. The number of β-amino-alcohol motifs (C(OH)–C–C–N with tert-alkyl or cyclic N) is 2. The van der Waals surface area contributed by atoms with Crippen LogP contribution in [0.2, 0.25) is 0 Å². The monoisotopic (exact) mass is 953 g/mol. The van der Waals surface area contributed by atoms with E-state index >= 15 is 0 Å². The fourth-order valence-electron chi connectivity index (χ4n) is 9.85. The van der Waals surface area contributed by atoms with Crippen LogP contribution in [0.25, 0.3) is 0 Å². The van der Waals surface area contributed by atoms with Gasteiger partial charge in [0.1, 0.15) is 5.60 Å². The molecule has 3 unspecified atom stereocenters. The summed E-state index contributed by atoms with van der Waals surface area (Å²) in [5.41, 5.74) is 3.68. The number of hydrogen-bond donors (Lipinski definition) is 4. The molecule has 0 radical (unpaired) electrons. The van der Waals surface area contributed by atoms with E-state index in [1.807, 2.05) is 74.0 Å². The van der Waals surface area contributed by atoms with Crippen molar-refractivity contribution in [3.05, 3.63) is 120 Å². The van der Waals surface area contributed by atoms with Gasteiger partial charge in [-0.1, -0.05) is 71.2 Å². The number of rotatable bonds is 16. The Balaban J connectivity index is 0.000000198. The van der Waals surface area contributed by atoms with E-state index in [-0.39, 0.29) is 18.1 Å². The van der Waals surface area contributed by atoms with Gasteiger partial charge in [-0.25, -0.2) is 0 Å². The van der Waals surface area contributed by atoms with Gasteiger partial charge >= 0.3 is 0 Å². The highest BCUT2D eigenvalue weighted by Crippen LogP contribution is 2.32. The lowest BCUT2D eigenvalue weighted by Gasteiger charge is -2.37. The molecule has 4 saturated heterocycles. The summed E-state index contributed by atoms with van der Waals surface area (Å²) in [4.78, 5) is 27.3. The molecule has 0 bridgehead atoms. The second-order valence-corrected chi connectivity index (χ2v) is 19.4. The van der Waals surface area contributed by atoms with Gasteiger partial charge in [-0.3, -0.25) is 19.9 Å². The van der Waals surface area contributed by atoms with Gasteiger partial charge in [0.25, 0.3) is 0 Å². The molecule has 0 amide bonds. The molecule has 4 aliphatic heterocycles. The van der Waals surface area contributed by atoms with Gasteiger partial charge in [0.2, 0.25) is 0 Å². The van der Waals surface area contributed by atoms with Crippen LogP contribution in [0, 0.1) is 0 Å². The molecule has 12 heteroatoms. The third kappa shape index (κ3) is 20.9. The standard InChI is InChI=1S/3C14H22N2O.C14H22N2.CH4O/c1-2-13(17)11-16-9-6-12(7-10-16)14-5-3-4-8-15-14;1-2-3-10-16-11-7-14(17,8-12-16)13-6-4-5-9-15-13;1-2-3-9-16-10-7-12(14(17)11-16)13-6-4-5-8-15-13;1-2-3-10-16-11-7-13(8-12-16)14-6-4-5-9-15-14;1-2/h3-5,8,12-13,17H,2,6-7,9-11H2,1H3;4-6,9,17H,2-3,7-8,10-12H2,1H3;4-6,8,12,14,17H,2-3,7,9-11H2,1H3;4-6,9,13H,2-3,7-8,10-12H2,1H3;2H,1H3. The Kier molecular flexibility index (Phi) is 28.3. The molecule has 0 saturated carbocycles. The van der Waals surface area contributed by atoms with Gasteiger partial charge < -0.3 is 40.0 Å². The molecular formula is C57H92N8O4. The van der Waals surface area contributed by atoms with Crippen LogP contribution >= 0.6 is 0 Å². The number of piperidine rings is 4. The van der Waals surface area contributed by atoms with Crippen molar-refractivity contribution in [1.29, 1.82) is 0 Å². The second kappa shape index (κ2) is 33.8. The number of likely N-dealkylation sites (tertiary alicyclic amines) is 4. The minimum absolute atomic E-state index is 0.165. The highest BCUT2D eigenvalue weighted by atomic mass is 16.3. The quantitative estimate of drug-likeness (QED) is 0.0852. The van der Waals surface area contributed by atoms with Crippen LogP contribution in [0.5, 0.6) is 0 Å². The maximum atomic E-state index is 10.6. The average molecular weight is 953 g/mol. The summed E-state index contributed by atoms with van der Waals surface area (Å²) in [6, 6.07) is 24.2. The molecule has 4 N–H and O–H groups in total. The summed E-state index contributed by atoms with van der Waals surface area (Å²) in [6.45, 7) is 21.6. The molecule has 0 spiro atoms. The zero-order valence-electron chi connectivity index (χ0n) is 43.4. The lowest BCUT2D eigenvalue weighted by Crippen LogP contribution is -2.43. The van der Waals surface area contributed by atoms with Crippen molar-refractivity contribution in [2.45, 2.75) is 153 Å². The van der Waals surface area contributed by atoms with Gasteiger partial charge in [-0.05, 0) is 172 Å². The largest absolute Gasteiger partial charge is 0.400 e. The van der Waals surface area contributed by atoms with E-state index in [1.54, 1.807) is 6.20 Å². The number of hydrogen-bond acceptors (Lipinski definition) is 12. The Hall–Kier alpha value is -3.72. The van der Waals surface area contributed by atoms with Crippen LogP contribution in [0.3, 0.4) is 0 Å². The van der Waals surface area contributed by atoms with Crippen molar-refractivity contribution in [2.24, 2.45) is 0 Å². The Labute approximate surface area is 417 Å². The smallest absolute Gasteiger partial charge is 0.109 e. The first-order valence-electron chi connectivity index (χ1n) is 26.8. The zero-order chi connectivity index (χ0) is 49.5. The van der Waals surface area contributed by atoms with Gasteiger partial charge in [-0.2, -0.15) is 0 Å². The molecule has 3 atom stereocenters. The van der Waals surface area contributed by atoms with E-state index < -0.39 is 5.60 Å². The maximum absolute atomic E-state index is 10.6. The highest BCUT2D eigenvalue weighted by molar-refractivity contribution is 5.15. The van der Waals surface area contributed by atoms with E-state index in [2.05, 4.69) is 84.6 Å². The first-order chi connectivity index (χ1) is 33.7. The van der Waals surface area contributed by atoms with Crippen molar-refractivity contribution in [3.8, 4) is 0 Å². The summed E-state index contributed by atoms with van der Waals surface area (Å²) < 4.78 is 0. The van der Waals surface area contributed by atoms with Crippen LogP contribution in [0.4, 0.5) is 0 Å². The summed E-state index contributed by atoms with van der Waals surface area (Å²) in [7, 11) is 1.00. The third-order valence-electron chi connectivity index (χ3n) is 14.4. The Bertz CT molecular complexity index is 1810. The maximum Gasteiger partial charge on any atom is 0.109 e. The minimum atomic E-state index is -0.704. The molecule has 0 aromatic carbocycles. The number of aliphatic hydroxyl groups excluding tert-OH is 3. The Morgan fingerprint density at radius 1 is 0.536 bits per heavy atom. The molecule has 12 nitrogen and oxygen atoms in total. The van der Waals surface area contributed by atoms with E-state index in [4.69, 9.17) is 5.11 Å². The van der Waals surface area contributed by atoms with Crippen molar-refractivity contribution in [3.63, 3.8) is 0 Å². The normalized spacial score (nSPS) is 20.9. The van der Waals surface area contributed by atoms with E-state index in [9.17, 15) is 15.3 Å². The molecule has 8 heterocycles. The van der Waals surface area contributed by atoms with E-state index in [0.29, 0.717) is 11.8 Å². The Morgan fingerprint density at radius 2 is 0.957 bits per heavy atom. The number of unbranched alkanes of at least 4 members (excludes halogenated alkanes) is 3. The molecule has 384 valence electrons. The van der Waals surface area contributed by atoms with E-state index in [0.717, 1.165) is 116 Å². The molecule has 4 aromatic rings. The fourth-order valence-corrected chi connectivity index (χ4v) is 9.85. The van der Waals surface area contributed by atoms with Gasteiger partial charge in [-0.15, -0.1) is 0 Å². The van der Waals surface area contributed by atoms with Crippen LogP contribution in [-0.2, 0) is 5.60 Å². The first-order valence-corrected chi connectivity index (χ1v) is 26.8. The lowest BCUT2D eigenvalue weighted by molar-refractivity contribution is -0.0294. The SMILES string of the molecule is CCC(O)CN1CCC(c2ccccn2)CC1.CCCCN1CCC(O)(c2ccccn2)CC1.CCCCN1CCC(c2ccccn2)C(O)C1.CCCCN1CCC(c2ccccn2)CC1.CO. The van der Waals surface area contributed by atoms with Gasteiger partial charge in [0.05, 0.1) is 17.9 Å². The fraction of sp³-hybridized carbons (Fsp3) is 0.649. The van der Waals surface area contributed by atoms with Crippen LogP contribution < -0.4 is 0 Å². The molecule has 0 aliphatic carbocycles. The summed E-state index contributed by atoms with van der Waals surface area (Å²) >= 11 is 0. The molecular weight excluding hydrogens is 861 g/mol. The summed E-state index contributed by atoms with van der Waals surface area (Å²) in [5, 5.41) is 37.4. The van der Waals surface area contributed by atoms with Crippen molar-refractivity contribution in [1.82, 2.24) is 39.5 Å². The highest BCUT2D eigenvalue weighted by Gasteiger charge is 2.35. The second-order valence-electron chi connectivity index (χ2n) is 19.4. The Morgan fingerprint density at radius 3 is 1.38 bits per heavy atom. The number of aliphatic hydroxyl groups is 4. The number of aromatic nitrogens is 4. The zero-order valence-corrected chi connectivity index (χ0v) is 43.4. The number of nitrogens with zero attached hydrogens (tertiary/aromatic N) is 8. The molecule has 69 heavy (non-hydrogen) atoms. The van der Waals surface area contributed by atoms with Crippen LogP contribution in [0.15, 0.2) is 97.6 Å². The van der Waals surface area contributed by atoms with Crippen molar-refractivity contribution in [2.75, 3.05) is 85.6 Å². The van der Waals surface area contributed by atoms with Gasteiger partial charge in [0.15, 0.2) is 0 Å². The van der Waals surface area contributed by atoms with Crippen molar-refractivity contribution < 1.29 is 20.4 Å². The van der Waals surface area contributed by atoms with Crippen molar-refractivity contribution >= 4 is 0 Å². The predicted octanol–water partition coefficient (Wildman–Crippen LogP) is 8.90. The average Bonchev–Trinajstić information content (AvgIpc) is 3.42. The van der Waals surface area contributed by atoms with Crippen LogP contribution in [-0.4, -0.2) is 158 Å². The molecule has 4 aromatic heterocycles. The van der Waals surface area contributed by atoms with E-state index in [1.165, 1.54) is 82.4 Å². The molecule has 8 rings (SSSR count). The molecule has 4 fully saturated rings. The van der Waals surface area contributed by atoms with Gasteiger partial charge in [0, 0.05) is 92.9 Å². The minimum Gasteiger partial charge on any atom is -0.400 e. The summed E-state index contributed by atoms with van der Waals surface area (Å²) in [5.74, 6) is 1.51. The topological polar surface area (TPSA) is 145 Å². The predicted molar refractivity (Wildman–Crippen MR) is 282 cm³/mol. The number of pyridine rings is 4. The first kappa shape index (κ1) is 57.9.